The second-order valence-electron chi connectivity index (χ2n) is 6.20. The van der Waals surface area contributed by atoms with Gasteiger partial charge < -0.3 is 5.11 Å². The fraction of sp³-hybridized carbons (Fsp3) is 0.263. The first-order valence-electron chi connectivity index (χ1n) is 8.08. The highest BCUT2D eigenvalue weighted by molar-refractivity contribution is 5.77. The molecule has 2 aromatic carbocycles. The smallest absolute Gasteiger partial charge is 0.261 e. The molecule has 0 fully saturated rings. The number of likely N-dealkylation sites (N-methyl/N-ethyl adjacent to an activating group) is 1. The molecule has 1 N–H and O–H groups in total. The fourth-order valence-electron chi connectivity index (χ4n) is 2.87. The van der Waals surface area contributed by atoms with Crippen LogP contribution in [0.2, 0.25) is 0 Å². The number of aliphatic hydroxyl groups excluding tert-OH is 1. The van der Waals surface area contributed by atoms with Crippen LogP contribution < -0.4 is 5.56 Å². The zero-order valence-electron chi connectivity index (χ0n) is 14.0. The highest BCUT2D eigenvalue weighted by Gasteiger charge is 2.12. The van der Waals surface area contributed by atoms with Gasteiger partial charge in [-0.15, -0.1) is 0 Å². The van der Waals surface area contributed by atoms with Crippen molar-refractivity contribution in [2.45, 2.75) is 19.2 Å². The molecule has 0 spiro atoms. The molecular weight excluding hydrogens is 321 g/mol. The average molecular weight is 341 g/mol. The monoisotopic (exact) mass is 341 g/mol. The van der Waals surface area contributed by atoms with Crippen LogP contribution in [0.25, 0.3) is 10.9 Å². The van der Waals surface area contributed by atoms with E-state index in [1.54, 1.807) is 0 Å². The van der Waals surface area contributed by atoms with Gasteiger partial charge in [0.1, 0.15) is 5.82 Å². The van der Waals surface area contributed by atoms with Crippen LogP contribution in [-0.4, -0.2) is 39.3 Å². The van der Waals surface area contributed by atoms with E-state index in [4.69, 9.17) is 0 Å². The average Bonchev–Trinajstić information content (AvgIpc) is 2.58. The molecule has 0 saturated carbocycles. The van der Waals surface area contributed by atoms with Gasteiger partial charge in [-0.1, -0.05) is 30.3 Å². The molecule has 0 saturated heterocycles. The van der Waals surface area contributed by atoms with Gasteiger partial charge in [0.2, 0.25) is 0 Å². The first kappa shape index (κ1) is 17.3. The molecule has 0 unspecified atom stereocenters. The van der Waals surface area contributed by atoms with Crippen molar-refractivity contribution < 1.29 is 9.50 Å². The largest absolute Gasteiger partial charge is 0.390 e. The van der Waals surface area contributed by atoms with Crippen molar-refractivity contribution in [1.29, 1.82) is 0 Å². The van der Waals surface area contributed by atoms with Crippen molar-refractivity contribution in [2.24, 2.45) is 0 Å². The minimum Gasteiger partial charge on any atom is -0.390 e. The van der Waals surface area contributed by atoms with Crippen LogP contribution in [0.5, 0.6) is 0 Å². The molecule has 1 aromatic heterocycles. The Morgan fingerprint density at radius 1 is 1.24 bits per heavy atom. The maximum atomic E-state index is 13.2. The molecule has 0 bridgehead atoms. The number of rotatable bonds is 6. The molecule has 1 heterocycles. The lowest BCUT2D eigenvalue weighted by Gasteiger charge is -2.21. The summed E-state index contributed by atoms with van der Waals surface area (Å²) in [6.45, 7) is 1.27. The van der Waals surface area contributed by atoms with Gasteiger partial charge in [0, 0.05) is 19.2 Å². The normalized spacial score (nSPS) is 12.6. The number of hydrogen-bond acceptors (Lipinski definition) is 4. The zero-order chi connectivity index (χ0) is 17.8. The van der Waals surface area contributed by atoms with Crippen LogP contribution in [0.3, 0.4) is 0 Å². The van der Waals surface area contributed by atoms with Crippen LogP contribution in [0.4, 0.5) is 4.39 Å². The summed E-state index contributed by atoms with van der Waals surface area (Å²) in [5.41, 5.74) is 1.19. The Morgan fingerprint density at radius 3 is 2.76 bits per heavy atom. The van der Waals surface area contributed by atoms with E-state index in [0.29, 0.717) is 24.0 Å². The third kappa shape index (κ3) is 4.29. The standard InChI is InChI=1S/C19H20FN3O2/c1-22(10-14-5-3-2-4-6-14)11-16(24)12-23-13-21-18-9-15(20)7-8-17(18)19(23)25/h2-9,13,16,24H,10-12H2,1H3/t16-/m0/s1. The number of hydrogen-bond donors (Lipinski definition) is 1. The van der Waals surface area contributed by atoms with E-state index < -0.39 is 11.9 Å². The van der Waals surface area contributed by atoms with Crippen molar-refractivity contribution in [3.8, 4) is 0 Å². The Labute approximate surface area is 145 Å². The van der Waals surface area contributed by atoms with Crippen molar-refractivity contribution >= 4 is 10.9 Å². The Morgan fingerprint density at radius 2 is 2.00 bits per heavy atom. The lowest BCUT2D eigenvalue weighted by Crippen LogP contribution is -2.34. The first-order chi connectivity index (χ1) is 12.0. The van der Waals surface area contributed by atoms with Crippen LogP contribution in [-0.2, 0) is 13.1 Å². The zero-order valence-corrected chi connectivity index (χ0v) is 14.0. The fourth-order valence-corrected chi connectivity index (χ4v) is 2.87. The Hall–Kier alpha value is -2.57. The SMILES string of the molecule is CN(Cc1ccccc1)C[C@H](O)Cn1cnc2cc(F)ccc2c1=O. The quantitative estimate of drug-likeness (QED) is 0.745. The molecule has 0 aliphatic rings. The van der Waals surface area contributed by atoms with Crippen molar-refractivity contribution in [3.05, 3.63) is 76.6 Å². The van der Waals surface area contributed by atoms with Gasteiger partial charge in [-0.25, -0.2) is 9.37 Å². The number of halogens is 1. The van der Waals surface area contributed by atoms with E-state index in [9.17, 15) is 14.3 Å². The van der Waals surface area contributed by atoms with Crippen LogP contribution in [0, 0.1) is 5.82 Å². The molecule has 3 aromatic rings. The predicted molar refractivity (Wildman–Crippen MR) is 94.7 cm³/mol. The van der Waals surface area contributed by atoms with Crippen LogP contribution in [0.15, 0.2) is 59.7 Å². The lowest BCUT2D eigenvalue weighted by atomic mass is 10.2. The topological polar surface area (TPSA) is 58.4 Å². The van der Waals surface area contributed by atoms with E-state index in [-0.39, 0.29) is 12.1 Å². The van der Waals surface area contributed by atoms with Crippen molar-refractivity contribution in [3.63, 3.8) is 0 Å². The molecule has 3 rings (SSSR count). The number of fused-ring (bicyclic) bond motifs is 1. The molecule has 130 valence electrons. The molecule has 0 radical (unpaired) electrons. The third-order valence-corrected chi connectivity index (χ3v) is 4.01. The molecule has 1 atom stereocenters. The molecule has 0 aliphatic heterocycles. The minimum atomic E-state index is -0.717. The summed E-state index contributed by atoms with van der Waals surface area (Å²) in [5.74, 6) is -0.431. The Balaban J connectivity index is 1.67. The highest BCUT2D eigenvalue weighted by Crippen LogP contribution is 2.09. The van der Waals surface area contributed by atoms with E-state index in [0.717, 1.165) is 5.56 Å². The summed E-state index contributed by atoms with van der Waals surface area (Å²) >= 11 is 0. The van der Waals surface area contributed by atoms with E-state index in [2.05, 4.69) is 4.98 Å². The first-order valence-corrected chi connectivity index (χ1v) is 8.08. The lowest BCUT2D eigenvalue weighted by molar-refractivity contribution is 0.106. The number of benzene rings is 2. The second-order valence-corrected chi connectivity index (χ2v) is 6.20. The Bertz CT molecular complexity index is 911. The maximum Gasteiger partial charge on any atom is 0.261 e. The molecule has 0 amide bonds. The van der Waals surface area contributed by atoms with Gasteiger partial charge in [-0.2, -0.15) is 0 Å². The molecular formula is C19H20FN3O2. The van der Waals surface area contributed by atoms with Gasteiger partial charge in [-0.05, 0) is 24.7 Å². The molecule has 0 aliphatic carbocycles. The van der Waals surface area contributed by atoms with Gasteiger partial charge in [0.25, 0.3) is 5.56 Å². The number of nitrogens with zero attached hydrogens (tertiary/aromatic N) is 3. The molecule has 25 heavy (non-hydrogen) atoms. The second kappa shape index (κ2) is 7.55. The Kier molecular flexibility index (Phi) is 5.21. The number of aliphatic hydroxyl groups is 1. The summed E-state index contributed by atoms with van der Waals surface area (Å²) in [6.07, 6.45) is 0.635. The maximum absolute atomic E-state index is 13.2. The van der Waals surface area contributed by atoms with Gasteiger partial charge in [0.05, 0.1) is 29.9 Å². The van der Waals surface area contributed by atoms with Crippen molar-refractivity contribution in [2.75, 3.05) is 13.6 Å². The number of aromatic nitrogens is 2. The molecule has 5 nitrogen and oxygen atoms in total. The van der Waals surface area contributed by atoms with Gasteiger partial charge >= 0.3 is 0 Å². The van der Waals surface area contributed by atoms with E-state index >= 15 is 0 Å². The predicted octanol–water partition coefficient (Wildman–Crippen LogP) is 2.03. The third-order valence-electron chi connectivity index (χ3n) is 4.01. The van der Waals surface area contributed by atoms with Crippen molar-refractivity contribution in [1.82, 2.24) is 14.5 Å². The summed E-state index contributed by atoms with van der Waals surface area (Å²) in [5, 5.41) is 10.6. The molecule has 6 heteroatoms. The summed E-state index contributed by atoms with van der Waals surface area (Å²) < 4.78 is 14.6. The minimum absolute atomic E-state index is 0.137. The van der Waals surface area contributed by atoms with Gasteiger partial charge in [-0.3, -0.25) is 14.3 Å². The summed E-state index contributed by atoms with van der Waals surface area (Å²) in [6, 6.07) is 13.9. The van der Waals surface area contributed by atoms with E-state index in [1.807, 2.05) is 42.3 Å². The van der Waals surface area contributed by atoms with Crippen LogP contribution in [0.1, 0.15) is 5.56 Å². The summed E-state index contributed by atoms with van der Waals surface area (Å²) in [7, 11) is 1.92. The van der Waals surface area contributed by atoms with Gasteiger partial charge in [0.15, 0.2) is 0 Å². The summed E-state index contributed by atoms with van der Waals surface area (Å²) in [4.78, 5) is 18.5. The van der Waals surface area contributed by atoms with Crippen LogP contribution >= 0.6 is 0 Å². The van der Waals surface area contributed by atoms with E-state index in [1.165, 1.54) is 29.1 Å². The highest BCUT2D eigenvalue weighted by atomic mass is 19.1.